The lowest BCUT2D eigenvalue weighted by Crippen LogP contribution is -2.25. The van der Waals surface area contributed by atoms with Crippen LogP contribution in [0.4, 0.5) is 0 Å². The summed E-state index contributed by atoms with van der Waals surface area (Å²) in [5, 5.41) is 0. The highest BCUT2D eigenvalue weighted by Gasteiger charge is 2.20. The molecule has 0 aromatic carbocycles. The van der Waals surface area contributed by atoms with Gasteiger partial charge in [-0.3, -0.25) is 4.79 Å². The van der Waals surface area contributed by atoms with Gasteiger partial charge < -0.3 is 4.90 Å². The number of fused-ring (bicyclic) bond motifs is 1. The average molecular weight is 274 g/mol. The van der Waals surface area contributed by atoms with Crippen LogP contribution in [0.2, 0.25) is 0 Å². The molecule has 1 amide bonds. The molecule has 2 heterocycles. The van der Waals surface area contributed by atoms with Gasteiger partial charge in [-0.15, -0.1) is 11.3 Å². The average Bonchev–Trinajstić information content (AvgIpc) is 2.47. The van der Waals surface area contributed by atoms with Gasteiger partial charge in [0.15, 0.2) is 0 Å². The largest absolute Gasteiger partial charge is 0.344 e. The van der Waals surface area contributed by atoms with E-state index in [1.807, 2.05) is 4.90 Å². The van der Waals surface area contributed by atoms with Crippen molar-refractivity contribution in [2.24, 2.45) is 0 Å². The summed E-state index contributed by atoms with van der Waals surface area (Å²) in [5.74, 6) is 0.459. The van der Waals surface area contributed by atoms with Gasteiger partial charge >= 0.3 is 0 Å². The van der Waals surface area contributed by atoms with Crippen LogP contribution in [-0.2, 0) is 11.2 Å². The zero-order chi connectivity index (χ0) is 10.1. The summed E-state index contributed by atoms with van der Waals surface area (Å²) in [6.07, 6.45) is 1.96. The standard InChI is InChI=1S/C10H12BrNOS/c1-7-5-12(6-13)3-2-9-8(7)4-10(11)14-9/h4,6-7H,2-3,5H2,1H3. The van der Waals surface area contributed by atoms with Crippen molar-refractivity contribution in [3.63, 3.8) is 0 Å². The third kappa shape index (κ3) is 1.86. The predicted octanol–water partition coefficient (Wildman–Crippen LogP) is 2.63. The van der Waals surface area contributed by atoms with E-state index in [4.69, 9.17) is 0 Å². The highest BCUT2D eigenvalue weighted by atomic mass is 79.9. The van der Waals surface area contributed by atoms with E-state index in [0.29, 0.717) is 5.92 Å². The summed E-state index contributed by atoms with van der Waals surface area (Å²) in [6, 6.07) is 2.19. The Labute approximate surface area is 96.0 Å². The molecule has 14 heavy (non-hydrogen) atoms. The first-order valence-corrected chi connectivity index (χ1v) is 6.29. The molecular formula is C10H12BrNOS. The van der Waals surface area contributed by atoms with Crippen LogP contribution in [0.3, 0.4) is 0 Å². The predicted molar refractivity (Wildman–Crippen MR) is 61.8 cm³/mol. The summed E-state index contributed by atoms with van der Waals surface area (Å²) in [5.41, 5.74) is 1.41. The number of hydrogen-bond acceptors (Lipinski definition) is 2. The first-order valence-electron chi connectivity index (χ1n) is 4.68. The van der Waals surface area contributed by atoms with Gasteiger partial charge in [0.05, 0.1) is 3.79 Å². The Kier molecular flexibility index (Phi) is 2.93. The van der Waals surface area contributed by atoms with Crippen LogP contribution in [0.15, 0.2) is 9.85 Å². The van der Waals surface area contributed by atoms with Crippen molar-refractivity contribution in [3.05, 3.63) is 20.3 Å². The minimum absolute atomic E-state index is 0.459. The zero-order valence-corrected chi connectivity index (χ0v) is 10.4. The van der Waals surface area contributed by atoms with E-state index < -0.39 is 0 Å². The normalized spacial score (nSPS) is 21.6. The molecule has 4 heteroatoms. The molecule has 2 nitrogen and oxygen atoms in total. The lowest BCUT2D eigenvalue weighted by molar-refractivity contribution is -0.118. The van der Waals surface area contributed by atoms with E-state index in [1.54, 1.807) is 11.3 Å². The quantitative estimate of drug-likeness (QED) is 0.721. The Balaban J connectivity index is 2.29. The van der Waals surface area contributed by atoms with E-state index in [1.165, 1.54) is 14.2 Å². The first kappa shape index (κ1) is 10.2. The molecule has 0 saturated carbocycles. The molecule has 0 radical (unpaired) electrons. The zero-order valence-electron chi connectivity index (χ0n) is 8.00. The molecule has 76 valence electrons. The van der Waals surface area contributed by atoms with Crippen molar-refractivity contribution < 1.29 is 4.79 Å². The highest BCUT2D eigenvalue weighted by molar-refractivity contribution is 9.11. The number of carbonyl (C=O) groups is 1. The molecule has 1 aliphatic rings. The Morgan fingerprint density at radius 3 is 3.21 bits per heavy atom. The minimum Gasteiger partial charge on any atom is -0.344 e. The second kappa shape index (κ2) is 4.03. The fourth-order valence-electron chi connectivity index (χ4n) is 1.90. The maximum absolute atomic E-state index is 10.7. The van der Waals surface area contributed by atoms with E-state index in [9.17, 15) is 4.79 Å². The Bertz CT molecular complexity index is 350. The summed E-state index contributed by atoms with van der Waals surface area (Å²) >= 11 is 5.31. The monoisotopic (exact) mass is 273 g/mol. The van der Waals surface area contributed by atoms with Crippen LogP contribution in [0.25, 0.3) is 0 Å². The van der Waals surface area contributed by atoms with Gasteiger partial charge in [-0.05, 0) is 39.9 Å². The number of amides is 1. The molecule has 0 saturated heterocycles. The second-order valence-corrected chi connectivity index (χ2v) is 6.20. The number of thiophene rings is 1. The van der Waals surface area contributed by atoms with Gasteiger partial charge in [-0.25, -0.2) is 0 Å². The number of halogens is 1. The van der Waals surface area contributed by atoms with Crippen LogP contribution in [-0.4, -0.2) is 24.4 Å². The van der Waals surface area contributed by atoms with Gasteiger partial charge in [0.2, 0.25) is 6.41 Å². The smallest absolute Gasteiger partial charge is 0.209 e. The number of carbonyl (C=O) groups excluding carboxylic acids is 1. The van der Waals surface area contributed by atoms with Gasteiger partial charge in [0.1, 0.15) is 0 Å². The summed E-state index contributed by atoms with van der Waals surface area (Å²) in [7, 11) is 0. The van der Waals surface area contributed by atoms with Crippen molar-refractivity contribution in [1.29, 1.82) is 0 Å². The minimum atomic E-state index is 0.459. The topological polar surface area (TPSA) is 20.3 Å². The number of hydrogen-bond donors (Lipinski definition) is 0. The number of nitrogens with zero attached hydrogens (tertiary/aromatic N) is 1. The Hall–Kier alpha value is -0.350. The molecule has 0 spiro atoms. The molecule has 1 aliphatic heterocycles. The first-order chi connectivity index (χ1) is 6.70. The van der Waals surface area contributed by atoms with E-state index in [0.717, 1.165) is 25.9 Å². The molecule has 0 aliphatic carbocycles. The van der Waals surface area contributed by atoms with E-state index >= 15 is 0 Å². The van der Waals surface area contributed by atoms with Crippen LogP contribution in [0.5, 0.6) is 0 Å². The maximum atomic E-state index is 10.7. The third-order valence-electron chi connectivity index (χ3n) is 2.63. The van der Waals surface area contributed by atoms with Crippen molar-refractivity contribution in [2.45, 2.75) is 19.3 Å². The van der Waals surface area contributed by atoms with Crippen molar-refractivity contribution in [1.82, 2.24) is 4.90 Å². The summed E-state index contributed by atoms with van der Waals surface area (Å²) in [4.78, 5) is 14.0. The number of rotatable bonds is 1. The maximum Gasteiger partial charge on any atom is 0.209 e. The summed E-state index contributed by atoms with van der Waals surface area (Å²) in [6.45, 7) is 3.88. The Morgan fingerprint density at radius 1 is 1.71 bits per heavy atom. The van der Waals surface area contributed by atoms with Crippen LogP contribution >= 0.6 is 27.3 Å². The molecule has 0 fully saturated rings. The molecule has 0 bridgehead atoms. The lowest BCUT2D eigenvalue weighted by atomic mass is 10.0. The van der Waals surface area contributed by atoms with Crippen LogP contribution in [0, 0.1) is 0 Å². The lowest BCUT2D eigenvalue weighted by Gasteiger charge is -2.17. The molecule has 1 aromatic rings. The van der Waals surface area contributed by atoms with Crippen LogP contribution in [0.1, 0.15) is 23.3 Å². The van der Waals surface area contributed by atoms with Gasteiger partial charge in [0.25, 0.3) is 0 Å². The van der Waals surface area contributed by atoms with E-state index in [2.05, 4.69) is 28.9 Å². The van der Waals surface area contributed by atoms with Crippen molar-refractivity contribution >= 4 is 33.7 Å². The molecule has 0 N–H and O–H groups in total. The van der Waals surface area contributed by atoms with Crippen molar-refractivity contribution in [2.75, 3.05) is 13.1 Å². The molecule has 1 aromatic heterocycles. The Morgan fingerprint density at radius 2 is 2.50 bits per heavy atom. The molecular weight excluding hydrogens is 262 g/mol. The van der Waals surface area contributed by atoms with Gasteiger partial charge in [-0.2, -0.15) is 0 Å². The SMILES string of the molecule is CC1CN(C=O)CCc2sc(Br)cc21. The molecule has 1 atom stereocenters. The second-order valence-electron chi connectivity index (χ2n) is 3.68. The summed E-state index contributed by atoms with van der Waals surface area (Å²) < 4.78 is 1.20. The molecule has 2 rings (SSSR count). The molecule has 1 unspecified atom stereocenters. The fraction of sp³-hybridized carbons (Fsp3) is 0.500. The van der Waals surface area contributed by atoms with Gasteiger partial charge in [0, 0.05) is 18.0 Å². The van der Waals surface area contributed by atoms with E-state index in [-0.39, 0.29) is 0 Å². The fourth-order valence-corrected chi connectivity index (χ4v) is 3.73. The van der Waals surface area contributed by atoms with Gasteiger partial charge in [-0.1, -0.05) is 6.92 Å². The van der Waals surface area contributed by atoms with Crippen LogP contribution < -0.4 is 0 Å². The highest BCUT2D eigenvalue weighted by Crippen LogP contribution is 2.34. The third-order valence-corrected chi connectivity index (χ3v) is 4.34. The van der Waals surface area contributed by atoms with Crippen molar-refractivity contribution in [3.8, 4) is 0 Å².